The Morgan fingerprint density at radius 3 is 2.01 bits per heavy atom. The molecule has 0 atom stereocenters. The summed E-state index contributed by atoms with van der Waals surface area (Å²) in [6.07, 6.45) is 0. The number of rotatable bonds is 17. The molecule has 0 bridgehead atoms. The molecule has 352 valence electrons. The highest BCUT2D eigenvalue weighted by molar-refractivity contribution is 7.91. The van der Waals surface area contributed by atoms with Crippen LogP contribution in [0.1, 0.15) is 0 Å². The number of ether oxygens (including phenoxy) is 3. The predicted octanol–water partition coefficient (Wildman–Crippen LogP) is 4.41. The summed E-state index contributed by atoms with van der Waals surface area (Å²) >= 11 is 13.7. The van der Waals surface area contributed by atoms with E-state index < -0.39 is 77.9 Å². The molecular formula is C39H35Cl2N9O14S3. The standard InChI is InChI=1S/C39H35Cl2N9O14S3/c40-26-29-33(27(41)30-34(26)64-32-24(46-30)18-25(28(42)36(32)67(58,59)60)65(53,54)21-6-5-19-3-1-2-4-20(19)17-21)63-31-22(45-29)7-8-23(35(31)66(55,56)57)47-39-49-37(43-9-13-61-15-11-51)48-38(50-39)44-10-14-62-16-12-52/h1-8,17-18,46,51-52H,9-16,42H2,(H,55,56,57)(H,58,59,60)(H2,43,44,48,49,50)/b47-23+. The number of hydrogen-bond acceptors (Lipinski definition) is 21. The molecule has 3 aliphatic rings. The second-order valence-corrected chi connectivity index (χ2v) is 19.5. The number of aliphatic hydroxyl groups is 2. The number of fused-ring (bicyclic) bond motifs is 5. The van der Waals surface area contributed by atoms with Crippen molar-refractivity contribution in [2.75, 3.05) is 74.4 Å². The lowest BCUT2D eigenvalue weighted by atomic mass is 10.1. The molecule has 1 aromatic heterocycles. The van der Waals surface area contributed by atoms with Crippen LogP contribution in [-0.2, 0) is 39.5 Å². The number of aliphatic hydroxyl groups excluding tert-OH is 2. The second-order valence-electron chi connectivity index (χ2n) is 14.1. The number of nitrogens with two attached hydrogens (primary N) is 1. The van der Waals surface area contributed by atoms with Crippen molar-refractivity contribution in [2.24, 2.45) is 4.99 Å². The van der Waals surface area contributed by atoms with Crippen LogP contribution in [0.2, 0.25) is 10.0 Å². The molecule has 0 fully saturated rings. The molecule has 0 amide bonds. The molecule has 0 saturated carbocycles. The normalized spacial score (nSPS) is 13.1. The van der Waals surface area contributed by atoms with Crippen molar-refractivity contribution in [2.45, 2.75) is 19.6 Å². The van der Waals surface area contributed by atoms with Gasteiger partial charge in [0.05, 0.1) is 66.2 Å². The minimum Gasteiger partial charge on any atom is -0.450 e. The maximum Gasteiger partial charge on any atom is 0.300 e. The highest BCUT2D eigenvalue weighted by Crippen LogP contribution is 2.56. The Balaban J connectivity index is 1.25. The van der Waals surface area contributed by atoms with E-state index in [1.54, 1.807) is 30.3 Å². The van der Waals surface area contributed by atoms with Gasteiger partial charge in [-0.05, 0) is 41.1 Å². The average Bonchev–Trinajstić information content (AvgIpc) is 3.28. The molecule has 2 aliphatic heterocycles. The third-order valence-electron chi connectivity index (χ3n) is 9.69. The van der Waals surface area contributed by atoms with Crippen molar-refractivity contribution in [1.29, 1.82) is 0 Å². The fraction of sp³-hybridized carbons (Fsp3) is 0.205. The van der Waals surface area contributed by atoms with Gasteiger partial charge in [-0.15, -0.1) is 0 Å². The summed E-state index contributed by atoms with van der Waals surface area (Å²) in [6.45, 7) is 0.426. The number of hydrogen-bond donors (Lipinski definition) is 8. The Kier molecular flexibility index (Phi) is 13.4. The van der Waals surface area contributed by atoms with Crippen LogP contribution < -0.4 is 31.8 Å². The number of anilines is 5. The Bertz CT molecular complexity index is 3460. The summed E-state index contributed by atoms with van der Waals surface area (Å²) in [5.41, 5.74) is 3.86. The topological polar surface area (TPSA) is 350 Å². The first kappa shape index (κ1) is 47.5. The van der Waals surface area contributed by atoms with Crippen molar-refractivity contribution < 1.29 is 63.2 Å². The molecule has 23 nitrogen and oxygen atoms in total. The summed E-state index contributed by atoms with van der Waals surface area (Å²) in [4.78, 5) is 18.5. The lowest BCUT2D eigenvalue weighted by molar-refractivity contribution is 0.0990. The first-order valence-corrected chi connectivity index (χ1v) is 24.6. The minimum atomic E-state index is -5.34. The smallest absolute Gasteiger partial charge is 0.300 e. The molecule has 1 aliphatic carbocycles. The van der Waals surface area contributed by atoms with Crippen LogP contribution in [0.25, 0.3) is 33.3 Å². The van der Waals surface area contributed by atoms with Crippen molar-refractivity contribution in [1.82, 2.24) is 19.9 Å². The summed E-state index contributed by atoms with van der Waals surface area (Å²) < 4.78 is 124. The van der Waals surface area contributed by atoms with E-state index in [2.05, 4.69) is 40.9 Å². The van der Waals surface area contributed by atoms with Crippen LogP contribution in [0.3, 0.4) is 0 Å². The molecule has 9 N–H and O–H groups in total. The van der Waals surface area contributed by atoms with Crippen molar-refractivity contribution in [3.63, 3.8) is 0 Å². The van der Waals surface area contributed by atoms with E-state index in [4.69, 9.17) is 57.8 Å². The van der Waals surface area contributed by atoms with Crippen molar-refractivity contribution >= 4 is 110 Å². The lowest BCUT2D eigenvalue weighted by Gasteiger charge is -2.27. The first-order chi connectivity index (χ1) is 31.9. The van der Waals surface area contributed by atoms with Gasteiger partial charge in [0.15, 0.2) is 32.6 Å². The fourth-order valence-corrected chi connectivity index (χ4v) is 10.4. The molecule has 67 heavy (non-hydrogen) atoms. The summed E-state index contributed by atoms with van der Waals surface area (Å²) in [5.74, 6) is -2.02. The molecule has 0 unspecified atom stereocenters. The largest absolute Gasteiger partial charge is 0.450 e. The molecular weight excluding hydrogens is 986 g/mol. The van der Waals surface area contributed by atoms with E-state index in [1.807, 2.05) is 0 Å². The average molecular weight is 1020 g/mol. The van der Waals surface area contributed by atoms with Gasteiger partial charge in [-0.25, -0.2) is 18.4 Å². The van der Waals surface area contributed by atoms with Crippen LogP contribution >= 0.6 is 23.2 Å². The number of nitrogens with one attached hydrogen (secondary N) is 3. The monoisotopic (exact) mass is 1020 g/mol. The zero-order chi connectivity index (χ0) is 47.8. The minimum absolute atomic E-state index is 0.0287. The van der Waals surface area contributed by atoms with Crippen LogP contribution in [-0.4, -0.2) is 117 Å². The van der Waals surface area contributed by atoms with E-state index in [0.717, 1.165) is 12.1 Å². The van der Waals surface area contributed by atoms with E-state index in [1.165, 1.54) is 18.2 Å². The van der Waals surface area contributed by atoms with E-state index in [9.17, 15) is 34.4 Å². The Morgan fingerprint density at radius 1 is 0.746 bits per heavy atom. The molecule has 8 rings (SSSR count). The Morgan fingerprint density at radius 2 is 1.39 bits per heavy atom. The number of nitrogen functional groups attached to an aromatic ring is 1. The van der Waals surface area contributed by atoms with Crippen LogP contribution in [0.15, 0.2) is 89.7 Å². The maximum atomic E-state index is 14.2. The van der Waals surface area contributed by atoms with E-state index in [-0.39, 0.29) is 109 Å². The van der Waals surface area contributed by atoms with E-state index in [0.29, 0.717) is 10.8 Å². The number of aromatic nitrogens is 4. The maximum absolute atomic E-state index is 14.2. The van der Waals surface area contributed by atoms with Gasteiger partial charge in [0, 0.05) is 13.1 Å². The molecule has 4 aromatic carbocycles. The molecule has 3 heterocycles. The lowest BCUT2D eigenvalue weighted by Crippen LogP contribution is -2.19. The fourth-order valence-electron chi connectivity index (χ4n) is 6.81. The summed E-state index contributed by atoms with van der Waals surface area (Å²) in [6, 6.07) is 14.5. The van der Waals surface area contributed by atoms with Gasteiger partial charge in [0.2, 0.25) is 21.7 Å². The Hall–Kier alpha value is -6.04. The van der Waals surface area contributed by atoms with Gasteiger partial charge in [0.25, 0.3) is 16.1 Å². The third kappa shape index (κ3) is 9.59. The SMILES string of the molecule is Nc1c(S(=O)(=O)c2ccc3ccccc3c2)cc2c(c1S(=O)(=O)O)Oc1c(c(Cl)c3oc4c(S(=O)(=O)O)/c(=N/c5nc(NCCOCCO)nc(NCCOCCO)n5)ccc-4nc3c1Cl)N2. The molecule has 0 saturated heterocycles. The van der Waals surface area contributed by atoms with Gasteiger partial charge in [0.1, 0.15) is 26.9 Å². The third-order valence-corrected chi connectivity index (χ3v) is 14.0. The zero-order valence-electron chi connectivity index (χ0n) is 34.1. The number of nitrogens with zero attached hydrogens (tertiary/aromatic N) is 5. The summed E-state index contributed by atoms with van der Waals surface area (Å²) in [5, 5.41) is 26.6. The zero-order valence-corrected chi connectivity index (χ0v) is 38.1. The van der Waals surface area contributed by atoms with Crippen molar-refractivity contribution in [3.8, 4) is 23.0 Å². The Labute approximate surface area is 389 Å². The first-order valence-electron chi connectivity index (χ1n) is 19.4. The number of halogens is 2. The van der Waals surface area contributed by atoms with Gasteiger partial charge in [-0.2, -0.15) is 31.8 Å². The van der Waals surface area contributed by atoms with Crippen LogP contribution in [0, 0.1) is 0 Å². The molecule has 0 spiro atoms. The van der Waals surface area contributed by atoms with Gasteiger partial charge in [-0.1, -0.05) is 53.5 Å². The van der Waals surface area contributed by atoms with Gasteiger partial charge < -0.3 is 50.5 Å². The van der Waals surface area contributed by atoms with Gasteiger partial charge >= 0.3 is 10.1 Å². The molecule has 5 aromatic rings. The number of benzene rings is 5. The highest BCUT2D eigenvalue weighted by atomic mass is 35.5. The highest BCUT2D eigenvalue weighted by Gasteiger charge is 2.38. The molecule has 28 heteroatoms. The van der Waals surface area contributed by atoms with Crippen molar-refractivity contribution in [3.05, 3.63) is 76.1 Å². The van der Waals surface area contributed by atoms with Crippen LogP contribution in [0.4, 0.5) is 34.9 Å². The van der Waals surface area contributed by atoms with Crippen LogP contribution in [0.5, 0.6) is 11.5 Å². The van der Waals surface area contributed by atoms with Gasteiger partial charge in [-0.3, -0.25) is 9.11 Å². The number of sulfone groups is 1. The van der Waals surface area contributed by atoms with E-state index >= 15 is 0 Å². The quantitative estimate of drug-likeness (QED) is 0.0271. The summed E-state index contributed by atoms with van der Waals surface area (Å²) in [7, 11) is -15.2. The molecule has 0 radical (unpaired) electrons. The predicted molar refractivity (Wildman–Crippen MR) is 242 cm³/mol. The second kappa shape index (κ2) is 18.9.